The third-order valence-electron chi connectivity index (χ3n) is 3.19. The molecule has 1 aliphatic heterocycles. The molecule has 6 heteroatoms. The molecule has 0 radical (unpaired) electrons. The first-order valence-electron chi connectivity index (χ1n) is 7.18. The Morgan fingerprint density at radius 1 is 1.36 bits per heavy atom. The molecular formula is C16H17N3O2S. The molecule has 114 valence electrons. The minimum atomic E-state index is -0.193. The highest BCUT2D eigenvalue weighted by Crippen LogP contribution is 2.26. The van der Waals surface area contributed by atoms with Crippen molar-refractivity contribution in [2.75, 3.05) is 11.9 Å². The number of para-hydroxylation sites is 1. The molecule has 1 aromatic heterocycles. The van der Waals surface area contributed by atoms with E-state index in [-0.39, 0.29) is 12.5 Å². The maximum Gasteiger partial charge on any atom is 0.256 e. The molecule has 1 aliphatic rings. The van der Waals surface area contributed by atoms with E-state index in [0.717, 1.165) is 22.7 Å². The van der Waals surface area contributed by atoms with Crippen molar-refractivity contribution in [2.45, 2.75) is 20.3 Å². The van der Waals surface area contributed by atoms with E-state index in [0.29, 0.717) is 16.6 Å². The third-order valence-corrected chi connectivity index (χ3v) is 4.05. The zero-order valence-electron chi connectivity index (χ0n) is 12.5. The zero-order chi connectivity index (χ0) is 15.5. The molecule has 1 N–H and O–H groups in total. The molecule has 3 rings (SSSR count). The van der Waals surface area contributed by atoms with E-state index in [2.05, 4.69) is 29.4 Å². The first kappa shape index (κ1) is 14.7. The molecule has 0 atom stereocenters. The maximum atomic E-state index is 12.3. The van der Waals surface area contributed by atoms with E-state index in [1.165, 1.54) is 11.3 Å². The molecule has 1 amide bonds. The topological polar surface area (TPSA) is 64.1 Å². The molecule has 0 spiro atoms. The van der Waals surface area contributed by atoms with Gasteiger partial charge in [0.25, 0.3) is 5.91 Å². The van der Waals surface area contributed by atoms with Crippen molar-refractivity contribution in [1.82, 2.24) is 10.2 Å². The van der Waals surface area contributed by atoms with E-state index in [1.54, 1.807) is 0 Å². The lowest BCUT2D eigenvalue weighted by Crippen LogP contribution is -2.21. The summed E-state index contributed by atoms with van der Waals surface area (Å²) in [5.74, 6) is 1.12. The van der Waals surface area contributed by atoms with Gasteiger partial charge in [-0.3, -0.25) is 10.1 Å². The highest BCUT2D eigenvalue weighted by molar-refractivity contribution is 7.15. The monoisotopic (exact) mass is 315 g/mol. The lowest BCUT2D eigenvalue weighted by atomic mass is 10.1. The van der Waals surface area contributed by atoms with Gasteiger partial charge in [-0.05, 0) is 18.1 Å². The van der Waals surface area contributed by atoms with E-state index >= 15 is 0 Å². The number of fused-ring (bicyclic) bond motifs is 1. The smallest absolute Gasteiger partial charge is 0.256 e. The number of carbonyl (C=O) groups excluding carboxylic acids is 1. The van der Waals surface area contributed by atoms with E-state index in [4.69, 9.17) is 4.74 Å². The predicted molar refractivity (Wildman–Crippen MR) is 87.0 cm³/mol. The van der Waals surface area contributed by atoms with Crippen LogP contribution in [-0.2, 0) is 11.2 Å². The molecule has 0 saturated heterocycles. The normalized spacial score (nSPS) is 13.3. The van der Waals surface area contributed by atoms with Crippen LogP contribution in [0.1, 0.15) is 24.4 Å². The average Bonchev–Trinajstić information content (AvgIpc) is 2.93. The number of hydrogen-bond donors (Lipinski definition) is 1. The van der Waals surface area contributed by atoms with Crippen LogP contribution in [-0.4, -0.2) is 22.7 Å². The summed E-state index contributed by atoms with van der Waals surface area (Å²) in [4.78, 5) is 12.3. The lowest BCUT2D eigenvalue weighted by molar-refractivity contribution is -0.113. The van der Waals surface area contributed by atoms with Crippen LogP contribution in [0.4, 0.5) is 5.13 Å². The lowest BCUT2D eigenvalue weighted by Gasteiger charge is -2.16. The number of benzene rings is 1. The van der Waals surface area contributed by atoms with Crippen LogP contribution in [0.5, 0.6) is 5.75 Å². The van der Waals surface area contributed by atoms with Crippen molar-refractivity contribution in [3.63, 3.8) is 0 Å². The Hall–Kier alpha value is -2.21. The Labute approximate surface area is 133 Å². The summed E-state index contributed by atoms with van der Waals surface area (Å²) in [6, 6.07) is 7.65. The van der Waals surface area contributed by atoms with Crippen molar-refractivity contribution in [1.29, 1.82) is 0 Å². The molecule has 2 aromatic rings. The second kappa shape index (κ2) is 6.27. The molecule has 0 aliphatic carbocycles. The van der Waals surface area contributed by atoms with Crippen LogP contribution in [0, 0.1) is 5.92 Å². The predicted octanol–water partition coefficient (Wildman–Crippen LogP) is 3.15. The average molecular weight is 315 g/mol. The van der Waals surface area contributed by atoms with Crippen molar-refractivity contribution in [2.24, 2.45) is 5.92 Å². The van der Waals surface area contributed by atoms with E-state index in [1.807, 2.05) is 30.3 Å². The van der Waals surface area contributed by atoms with Crippen LogP contribution in [0.15, 0.2) is 29.8 Å². The summed E-state index contributed by atoms with van der Waals surface area (Å²) in [5.41, 5.74) is 1.50. The molecule has 2 heterocycles. The molecule has 0 fully saturated rings. The van der Waals surface area contributed by atoms with Crippen molar-refractivity contribution in [3.05, 3.63) is 40.4 Å². The standard InChI is InChI=1S/C16H17N3O2S/c1-10(2)7-14-18-19-16(22-14)17-15(20)12-8-11-5-3-4-6-13(11)21-9-12/h3-6,8,10H,7,9H2,1-2H3,(H,17,19,20). The molecule has 0 unspecified atom stereocenters. The fraction of sp³-hybridized carbons (Fsp3) is 0.312. The summed E-state index contributed by atoms with van der Waals surface area (Å²) in [6.45, 7) is 4.52. The summed E-state index contributed by atoms with van der Waals surface area (Å²) < 4.78 is 5.59. The number of carbonyl (C=O) groups is 1. The van der Waals surface area contributed by atoms with E-state index < -0.39 is 0 Å². The molecule has 22 heavy (non-hydrogen) atoms. The van der Waals surface area contributed by atoms with Gasteiger partial charge in [0.15, 0.2) is 0 Å². The van der Waals surface area contributed by atoms with Gasteiger partial charge in [0, 0.05) is 12.0 Å². The zero-order valence-corrected chi connectivity index (χ0v) is 13.3. The van der Waals surface area contributed by atoms with Gasteiger partial charge >= 0.3 is 0 Å². The van der Waals surface area contributed by atoms with Gasteiger partial charge in [-0.2, -0.15) is 0 Å². The minimum absolute atomic E-state index is 0.193. The van der Waals surface area contributed by atoms with Gasteiger partial charge in [-0.1, -0.05) is 43.4 Å². The summed E-state index contributed by atoms with van der Waals surface area (Å²) in [7, 11) is 0. The quantitative estimate of drug-likeness (QED) is 0.941. The molecule has 5 nitrogen and oxygen atoms in total. The summed E-state index contributed by atoms with van der Waals surface area (Å²) in [6.07, 6.45) is 2.72. The number of aromatic nitrogens is 2. The van der Waals surface area contributed by atoms with Crippen LogP contribution >= 0.6 is 11.3 Å². The number of rotatable bonds is 4. The Bertz CT molecular complexity index is 722. The first-order valence-corrected chi connectivity index (χ1v) is 7.99. The highest BCUT2D eigenvalue weighted by Gasteiger charge is 2.18. The van der Waals surface area contributed by atoms with Gasteiger partial charge in [0.05, 0.1) is 5.57 Å². The maximum absolute atomic E-state index is 12.3. The molecular weight excluding hydrogens is 298 g/mol. The summed E-state index contributed by atoms with van der Waals surface area (Å²) in [5, 5.41) is 12.4. The largest absolute Gasteiger partial charge is 0.488 e. The summed E-state index contributed by atoms with van der Waals surface area (Å²) >= 11 is 1.42. The number of hydrogen-bond acceptors (Lipinski definition) is 5. The van der Waals surface area contributed by atoms with Gasteiger partial charge in [0.2, 0.25) is 5.13 Å². The molecule has 1 aromatic carbocycles. The van der Waals surface area contributed by atoms with Gasteiger partial charge in [0.1, 0.15) is 17.4 Å². The minimum Gasteiger partial charge on any atom is -0.488 e. The van der Waals surface area contributed by atoms with Crippen LogP contribution in [0.3, 0.4) is 0 Å². The second-order valence-corrected chi connectivity index (χ2v) is 6.61. The SMILES string of the molecule is CC(C)Cc1nnc(NC(=O)C2=Cc3ccccc3OC2)s1. The number of ether oxygens (including phenoxy) is 1. The van der Waals surface area contributed by atoms with Crippen molar-refractivity contribution >= 4 is 28.5 Å². The second-order valence-electron chi connectivity index (χ2n) is 5.55. The fourth-order valence-electron chi connectivity index (χ4n) is 2.16. The van der Waals surface area contributed by atoms with E-state index in [9.17, 15) is 4.79 Å². The highest BCUT2D eigenvalue weighted by atomic mass is 32.1. The van der Waals surface area contributed by atoms with Crippen molar-refractivity contribution in [3.8, 4) is 5.75 Å². The number of amides is 1. The Balaban J connectivity index is 1.70. The fourth-order valence-corrected chi connectivity index (χ4v) is 3.11. The number of anilines is 1. The van der Waals surface area contributed by atoms with Gasteiger partial charge in [-0.15, -0.1) is 10.2 Å². The Morgan fingerprint density at radius 2 is 2.18 bits per heavy atom. The molecule has 0 bridgehead atoms. The van der Waals surface area contributed by atoms with Crippen LogP contribution < -0.4 is 10.1 Å². The van der Waals surface area contributed by atoms with Crippen LogP contribution in [0.2, 0.25) is 0 Å². The number of nitrogens with one attached hydrogen (secondary N) is 1. The van der Waals surface area contributed by atoms with Crippen LogP contribution in [0.25, 0.3) is 6.08 Å². The van der Waals surface area contributed by atoms with Gasteiger partial charge in [-0.25, -0.2) is 0 Å². The first-order chi connectivity index (χ1) is 10.6. The Kier molecular flexibility index (Phi) is 4.20. The Morgan fingerprint density at radius 3 is 3.00 bits per heavy atom. The van der Waals surface area contributed by atoms with Gasteiger partial charge < -0.3 is 4.74 Å². The number of nitrogens with zero attached hydrogens (tertiary/aromatic N) is 2. The van der Waals surface area contributed by atoms with Crippen molar-refractivity contribution < 1.29 is 9.53 Å². The molecule has 0 saturated carbocycles. The third kappa shape index (κ3) is 3.33.